The average Bonchev–Trinajstić information content (AvgIpc) is 3.26. The van der Waals surface area contributed by atoms with E-state index in [1.165, 1.54) is 11.1 Å². The minimum absolute atomic E-state index is 0. The van der Waals surface area contributed by atoms with Gasteiger partial charge < -0.3 is 37.2 Å². The first-order valence-corrected chi connectivity index (χ1v) is 17.8. The third-order valence-electron chi connectivity index (χ3n) is 9.68. The van der Waals surface area contributed by atoms with E-state index in [9.17, 15) is 0 Å². The summed E-state index contributed by atoms with van der Waals surface area (Å²) in [6.07, 6.45) is 0. The van der Waals surface area contributed by atoms with Crippen LogP contribution in [-0.2, 0) is 20.4 Å². The maximum atomic E-state index is 6.37. The summed E-state index contributed by atoms with van der Waals surface area (Å²) in [5, 5.41) is 2.29. The van der Waals surface area contributed by atoms with Crippen molar-refractivity contribution >= 4 is 23.6 Å². The molecule has 0 fully saturated rings. The van der Waals surface area contributed by atoms with Crippen molar-refractivity contribution in [3.05, 3.63) is 58.7 Å². The molecule has 0 bridgehead atoms. The Hall–Kier alpha value is -2.86. The van der Waals surface area contributed by atoms with Gasteiger partial charge in [0.15, 0.2) is 0 Å². The zero-order valence-electron chi connectivity index (χ0n) is 30.8. The van der Waals surface area contributed by atoms with Gasteiger partial charge in [-0.15, -0.1) is 0 Å². The molecule has 1 aliphatic carbocycles. The van der Waals surface area contributed by atoms with E-state index in [0.29, 0.717) is 51.7 Å². The standard InChI is InChI=1S/C36H45O9Si.3ClH.Ti/c1-20-21(2)23(4)33(22(20)3)46(34-27(40-8)17-14-24(37-5)30(34)43-11,35-28(41-9)18-15-25(38-6)31(35)44-12)36-29(42-10)19-16-26(39-7)32(36)45-13;;;;/h14-19H,1-13H3;3*1H;/q;;;;+3/p-3. The second-order valence-electron chi connectivity index (χ2n) is 11.1. The van der Waals surface area contributed by atoms with Gasteiger partial charge in [0.05, 0.1) is 0 Å². The van der Waals surface area contributed by atoms with Gasteiger partial charge in [0, 0.05) is 0 Å². The van der Waals surface area contributed by atoms with Crippen molar-refractivity contribution in [2.24, 2.45) is 0 Å². The van der Waals surface area contributed by atoms with E-state index in [2.05, 4.69) is 48.1 Å². The van der Waals surface area contributed by atoms with Crippen molar-refractivity contribution in [3.63, 3.8) is 0 Å². The second kappa shape index (κ2) is 18.1. The van der Waals surface area contributed by atoms with Crippen LogP contribution in [0.3, 0.4) is 0 Å². The van der Waals surface area contributed by atoms with E-state index in [4.69, 9.17) is 42.6 Å². The van der Waals surface area contributed by atoms with Crippen molar-refractivity contribution in [1.29, 1.82) is 0 Å². The molecule has 3 aromatic rings. The van der Waals surface area contributed by atoms with Gasteiger partial charge in [-0.25, -0.2) is 0 Å². The molecule has 0 atom stereocenters. The molecule has 14 heteroatoms. The quantitative estimate of drug-likeness (QED) is 0.128. The summed E-state index contributed by atoms with van der Waals surface area (Å²) in [4.78, 5) is 0. The first-order chi connectivity index (χ1) is 22.5. The second-order valence-corrected chi connectivity index (χ2v) is 16.8. The zero-order valence-corrected chi connectivity index (χ0v) is 35.6. The number of halogens is 3. The van der Waals surface area contributed by atoms with Crippen molar-refractivity contribution in [3.8, 4) is 51.7 Å². The van der Waals surface area contributed by atoms with Crippen LogP contribution in [0.1, 0.15) is 27.7 Å². The van der Waals surface area contributed by atoms with Crippen molar-refractivity contribution < 1.29 is 100 Å². The fraction of sp³-hybridized carbons (Fsp3) is 0.389. The normalized spacial score (nSPS) is 13.3. The van der Waals surface area contributed by atoms with Gasteiger partial charge in [-0.05, 0) is 0 Å². The van der Waals surface area contributed by atoms with E-state index < -0.39 is 11.4 Å². The summed E-state index contributed by atoms with van der Waals surface area (Å²) in [6.45, 7) is 8.71. The number of rotatable bonds is 13. The molecule has 272 valence electrons. The van der Waals surface area contributed by atoms with Crippen LogP contribution in [0.2, 0.25) is 3.34 Å². The zero-order chi connectivity index (χ0) is 34.8. The predicted octanol–water partition coefficient (Wildman–Crippen LogP) is -3.82. The smallest absolute Gasteiger partial charge is 1.00 e. The van der Waals surface area contributed by atoms with Gasteiger partial charge in [0.1, 0.15) is 0 Å². The van der Waals surface area contributed by atoms with Gasteiger partial charge in [-0.2, -0.15) is 0 Å². The molecule has 1 aliphatic rings. The molecule has 3 aromatic carbocycles. The number of allylic oxidation sites excluding steroid dienone is 4. The SMILES string of the molecule is COc1ccc(OC)c([Si](c2c(OC)ccc(OC)c2OC)(c2c(OC)ccc(OC)c2OC)[C]2([Ti+3])C(C)=C(C)C(C)=C2C)c1OC.[Cl-].[Cl-].[Cl-]. The molecule has 0 amide bonds. The monoisotopic (exact) mass is 802 g/mol. The number of hydrogen-bond donors (Lipinski definition) is 0. The van der Waals surface area contributed by atoms with E-state index in [-0.39, 0.29) is 37.2 Å². The molecule has 0 aromatic heterocycles. The fourth-order valence-electron chi connectivity index (χ4n) is 7.21. The Bertz CT molecular complexity index is 1570. The van der Waals surface area contributed by atoms with Gasteiger partial charge in [0.25, 0.3) is 0 Å². The average molecular weight is 804 g/mol. The number of ether oxygens (including phenoxy) is 9. The molecule has 0 aliphatic heterocycles. The van der Waals surface area contributed by atoms with Gasteiger partial charge in [0.2, 0.25) is 0 Å². The van der Waals surface area contributed by atoms with E-state index in [1.54, 1.807) is 64.0 Å². The van der Waals surface area contributed by atoms with Crippen LogP contribution in [0.25, 0.3) is 0 Å². The van der Waals surface area contributed by atoms with Crippen LogP contribution in [0, 0.1) is 0 Å². The number of methoxy groups -OCH3 is 9. The Labute approximate surface area is 327 Å². The molecule has 0 unspecified atom stereocenters. The van der Waals surface area contributed by atoms with Crippen LogP contribution >= 0.6 is 0 Å². The van der Waals surface area contributed by atoms with Crippen LogP contribution in [0.15, 0.2) is 58.7 Å². The first-order valence-electron chi connectivity index (χ1n) is 15.0. The Morgan fingerprint density at radius 1 is 0.400 bits per heavy atom. The van der Waals surface area contributed by atoms with Crippen LogP contribution in [0.5, 0.6) is 51.7 Å². The Morgan fingerprint density at radius 3 is 0.820 bits per heavy atom. The van der Waals surface area contributed by atoms with E-state index in [0.717, 1.165) is 26.7 Å². The summed E-state index contributed by atoms with van der Waals surface area (Å²) < 4.78 is 55.3. The minimum atomic E-state index is -3.97. The Morgan fingerprint density at radius 2 is 0.620 bits per heavy atom. The maximum Gasteiger partial charge on any atom is -1.00 e. The van der Waals surface area contributed by atoms with Gasteiger partial charge in [-0.1, -0.05) is 0 Å². The Kier molecular flexibility index (Phi) is 16.3. The summed E-state index contributed by atoms with van der Waals surface area (Å²) in [6, 6.07) is 11.3. The van der Waals surface area contributed by atoms with Crippen molar-refractivity contribution in [2.45, 2.75) is 31.0 Å². The maximum absolute atomic E-state index is 6.37. The number of benzene rings is 3. The Balaban J connectivity index is 0.00000417. The molecule has 4 rings (SSSR count). The van der Waals surface area contributed by atoms with Crippen LogP contribution in [-0.4, -0.2) is 72.1 Å². The molecule has 0 spiro atoms. The fourth-order valence-corrected chi connectivity index (χ4v) is 16.3. The summed E-state index contributed by atoms with van der Waals surface area (Å²) in [5.41, 5.74) is 4.68. The van der Waals surface area contributed by atoms with Crippen molar-refractivity contribution in [1.82, 2.24) is 0 Å². The third kappa shape index (κ3) is 6.41. The van der Waals surface area contributed by atoms with Gasteiger partial charge >= 0.3 is 292 Å². The predicted molar refractivity (Wildman–Crippen MR) is 182 cm³/mol. The summed E-state index contributed by atoms with van der Waals surface area (Å²) >= 11 is 2.28. The minimum Gasteiger partial charge on any atom is -1.00 e. The van der Waals surface area contributed by atoms with Crippen molar-refractivity contribution in [2.75, 3.05) is 64.0 Å². The first kappa shape index (κ1) is 45.2. The topological polar surface area (TPSA) is 83.1 Å². The largest absolute Gasteiger partial charge is 1.00 e. The molecule has 0 N–H and O–H groups in total. The van der Waals surface area contributed by atoms with E-state index in [1.807, 2.05) is 36.4 Å². The molecule has 0 heterocycles. The van der Waals surface area contributed by atoms with Gasteiger partial charge in [-0.3, -0.25) is 0 Å². The summed E-state index contributed by atoms with van der Waals surface area (Å²) in [7, 11) is 10.8. The summed E-state index contributed by atoms with van der Waals surface area (Å²) in [5.74, 6) is 4.83. The van der Waals surface area contributed by atoms with Crippen LogP contribution in [0.4, 0.5) is 0 Å². The van der Waals surface area contributed by atoms with E-state index >= 15 is 0 Å². The number of hydrogen-bond acceptors (Lipinski definition) is 9. The molecule has 50 heavy (non-hydrogen) atoms. The molecule has 0 saturated carbocycles. The third-order valence-corrected chi connectivity index (χ3v) is 18.2. The molecule has 9 nitrogen and oxygen atoms in total. The molecular formula is C36H45Cl3O9SiTi. The molecule has 0 radical (unpaired) electrons. The molecule has 0 saturated heterocycles. The van der Waals surface area contributed by atoms with Crippen LogP contribution < -0.4 is 95.4 Å². The molecular weight excluding hydrogens is 759 g/mol.